The molecule has 0 radical (unpaired) electrons. The Kier molecular flexibility index (Phi) is 3.37. The minimum Gasteiger partial charge on any atom is -0.495 e. The molecule has 1 saturated heterocycles. The number of rotatable bonds is 4. The topological polar surface area (TPSA) is 41.6 Å². The van der Waals surface area contributed by atoms with Crippen molar-refractivity contribution in [1.82, 2.24) is 5.32 Å². The summed E-state index contributed by atoms with van der Waals surface area (Å²) in [4.78, 5) is 14.1. The summed E-state index contributed by atoms with van der Waals surface area (Å²) in [5.74, 6) is 0.776. The number of carbonyl (C=O) groups is 1. The average molecular weight is 281 g/mol. The lowest BCUT2D eigenvalue weighted by atomic mass is 10.2. The zero-order valence-corrected chi connectivity index (χ0v) is 11.6. The molecule has 2 aliphatic rings. The maximum absolute atomic E-state index is 12.3. The highest BCUT2D eigenvalue weighted by Gasteiger charge is 2.36. The highest BCUT2D eigenvalue weighted by Crippen LogP contribution is 2.31. The second-order valence-electron chi connectivity index (χ2n) is 5.09. The molecule has 1 aromatic rings. The Hall–Kier alpha value is -1.26. The molecule has 1 heterocycles. The van der Waals surface area contributed by atoms with Gasteiger partial charge in [0.15, 0.2) is 0 Å². The molecule has 102 valence electrons. The van der Waals surface area contributed by atoms with Crippen molar-refractivity contribution in [3.8, 4) is 5.75 Å². The van der Waals surface area contributed by atoms with Crippen LogP contribution in [0.5, 0.6) is 5.75 Å². The van der Waals surface area contributed by atoms with Crippen LogP contribution in [0.15, 0.2) is 18.2 Å². The molecule has 1 atom stereocenters. The van der Waals surface area contributed by atoms with Crippen LogP contribution in [-0.4, -0.2) is 31.6 Å². The normalized spacial score (nSPS) is 22.9. The van der Waals surface area contributed by atoms with E-state index in [0.29, 0.717) is 16.8 Å². The lowest BCUT2D eigenvalue weighted by Crippen LogP contribution is -2.39. The van der Waals surface area contributed by atoms with Crippen LogP contribution in [0, 0.1) is 0 Å². The number of benzene rings is 1. The summed E-state index contributed by atoms with van der Waals surface area (Å²) in [5.41, 5.74) is 0.843. The first-order chi connectivity index (χ1) is 9.19. The first kappa shape index (κ1) is 12.8. The van der Waals surface area contributed by atoms with Crippen LogP contribution in [0.2, 0.25) is 5.02 Å². The van der Waals surface area contributed by atoms with E-state index in [-0.39, 0.29) is 11.9 Å². The zero-order chi connectivity index (χ0) is 13.4. The number of amides is 1. The molecule has 1 aliphatic carbocycles. The number of hydrogen-bond donors (Lipinski definition) is 1. The molecule has 5 heteroatoms. The molecular formula is C14H17ClN2O2. The second-order valence-corrected chi connectivity index (χ2v) is 5.50. The summed E-state index contributed by atoms with van der Waals surface area (Å²) < 4.78 is 5.12. The van der Waals surface area contributed by atoms with Crippen molar-refractivity contribution in [3.05, 3.63) is 23.2 Å². The van der Waals surface area contributed by atoms with Gasteiger partial charge in [0.2, 0.25) is 5.91 Å². The lowest BCUT2D eigenvalue weighted by molar-refractivity contribution is -0.118. The minimum atomic E-state index is -0.0339. The fourth-order valence-corrected chi connectivity index (χ4v) is 2.70. The van der Waals surface area contributed by atoms with Crippen LogP contribution in [0.3, 0.4) is 0 Å². The maximum Gasteiger partial charge on any atom is 0.244 e. The van der Waals surface area contributed by atoms with Crippen LogP contribution >= 0.6 is 11.6 Å². The van der Waals surface area contributed by atoms with Crippen molar-refractivity contribution in [2.45, 2.75) is 31.3 Å². The molecular weight excluding hydrogens is 264 g/mol. The number of anilines is 1. The molecule has 1 aromatic carbocycles. The van der Waals surface area contributed by atoms with Crippen molar-refractivity contribution < 1.29 is 9.53 Å². The van der Waals surface area contributed by atoms with Crippen LogP contribution in [0.4, 0.5) is 5.69 Å². The Morgan fingerprint density at radius 2 is 2.16 bits per heavy atom. The second kappa shape index (κ2) is 5.02. The highest BCUT2D eigenvalue weighted by molar-refractivity contribution is 6.32. The van der Waals surface area contributed by atoms with Crippen LogP contribution < -0.4 is 15.0 Å². The summed E-state index contributed by atoms with van der Waals surface area (Å²) >= 11 is 6.11. The Morgan fingerprint density at radius 1 is 1.37 bits per heavy atom. The van der Waals surface area contributed by atoms with Crippen LogP contribution in [0.1, 0.15) is 19.3 Å². The van der Waals surface area contributed by atoms with E-state index in [4.69, 9.17) is 16.3 Å². The molecule has 4 nitrogen and oxygen atoms in total. The van der Waals surface area contributed by atoms with Crippen molar-refractivity contribution in [3.63, 3.8) is 0 Å². The molecule has 0 spiro atoms. The summed E-state index contributed by atoms with van der Waals surface area (Å²) in [5, 5.41) is 3.92. The fraction of sp³-hybridized carbons (Fsp3) is 0.500. The molecule has 3 rings (SSSR count). The number of nitrogens with zero attached hydrogens (tertiary/aromatic N) is 1. The van der Waals surface area contributed by atoms with E-state index >= 15 is 0 Å². The van der Waals surface area contributed by atoms with Crippen LogP contribution in [-0.2, 0) is 4.79 Å². The first-order valence-corrected chi connectivity index (χ1v) is 6.98. The molecule has 0 aromatic heterocycles. The van der Waals surface area contributed by atoms with Gasteiger partial charge in [-0.25, -0.2) is 0 Å². The Bertz CT molecular complexity index is 502. The van der Waals surface area contributed by atoms with Gasteiger partial charge in [0.1, 0.15) is 5.75 Å². The van der Waals surface area contributed by atoms with Gasteiger partial charge in [-0.05, 0) is 37.5 Å². The smallest absolute Gasteiger partial charge is 0.244 e. The number of carbonyl (C=O) groups excluding carboxylic acids is 1. The molecule has 1 unspecified atom stereocenters. The summed E-state index contributed by atoms with van der Waals surface area (Å²) in [6.07, 6.45) is 3.25. The van der Waals surface area contributed by atoms with Gasteiger partial charge in [0, 0.05) is 18.3 Å². The standard InChI is InChI=1S/C14H17ClN2O2/c1-19-13-5-4-10(8-11(13)15)17-7-6-12(14(17)18)16-9-2-3-9/h4-5,8-9,12,16H,2-3,6-7H2,1H3. The highest BCUT2D eigenvalue weighted by atomic mass is 35.5. The van der Waals surface area contributed by atoms with E-state index in [1.165, 1.54) is 12.8 Å². The van der Waals surface area contributed by atoms with Crippen molar-refractivity contribution in [2.75, 3.05) is 18.6 Å². The Labute approximate surface area is 117 Å². The minimum absolute atomic E-state index is 0.0339. The van der Waals surface area contributed by atoms with Gasteiger partial charge >= 0.3 is 0 Å². The first-order valence-electron chi connectivity index (χ1n) is 6.60. The zero-order valence-electron chi connectivity index (χ0n) is 10.9. The number of ether oxygens (including phenoxy) is 1. The molecule has 2 fully saturated rings. The van der Waals surface area contributed by atoms with Crippen molar-refractivity contribution in [1.29, 1.82) is 0 Å². The van der Waals surface area contributed by atoms with Gasteiger partial charge < -0.3 is 15.0 Å². The molecule has 1 aliphatic heterocycles. The van der Waals surface area contributed by atoms with E-state index in [2.05, 4.69) is 5.32 Å². The fourth-order valence-electron chi connectivity index (χ4n) is 2.45. The van der Waals surface area contributed by atoms with Crippen molar-refractivity contribution in [2.24, 2.45) is 0 Å². The maximum atomic E-state index is 12.3. The summed E-state index contributed by atoms with van der Waals surface area (Å²) in [6, 6.07) is 5.98. The van der Waals surface area contributed by atoms with Gasteiger partial charge in [0.05, 0.1) is 18.2 Å². The largest absolute Gasteiger partial charge is 0.495 e. The number of halogens is 1. The van der Waals surface area contributed by atoms with E-state index in [0.717, 1.165) is 18.7 Å². The third kappa shape index (κ3) is 2.55. The molecule has 1 amide bonds. The summed E-state index contributed by atoms with van der Waals surface area (Å²) in [6.45, 7) is 0.742. The SMILES string of the molecule is COc1ccc(N2CCC(NC3CC3)C2=O)cc1Cl. The van der Waals surface area contributed by atoms with Gasteiger partial charge in [-0.3, -0.25) is 4.79 Å². The quantitative estimate of drug-likeness (QED) is 0.919. The molecule has 0 bridgehead atoms. The average Bonchev–Trinajstić information content (AvgIpc) is 3.14. The van der Waals surface area contributed by atoms with Gasteiger partial charge in [-0.2, -0.15) is 0 Å². The number of methoxy groups -OCH3 is 1. The predicted molar refractivity (Wildman–Crippen MR) is 74.9 cm³/mol. The van der Waals surface area contributed by atoms with E-state index in [9.17, 15) is 4.79 Å². The van der Waals surface area contributed by atoms with E-state index in [1.54, 1.807) is 24.1 Å². The monoisotopic (exact) mass is 280 g/mol. The van der Waals surface area contributed by atoms with E-state index < -0.39 is 0 Å². The third-order valence-electron chi connectivity index (χ3n) is 3.67. The van der Waals surface area contributed by atoms with Gasteiger partial charge in [-0.15, -0.1) is 0 Å². The summed E-state index contributed by atoms with van der Waals surface area (Å²) in [7, 11) is 1.58. The molecule has 1 saturated carbocycles. The molecule has 1 N–H and O–H groups in total. The molecule has 19 heavy (non-hydrogen) atoms. The third-order valence-corrected chi connectivity index (χ3v) is 3.96. The van der Waals surface area contributed by atoms with Crippen molar-refractivity contribution >= 4 is 23.2 Å². The Morgan fingerprint density at radius 3 is 2.79 bits per heavy atom. The predicted octanol–water partition coefficient (Wildman–Crippen LogP) is 2.21. The van der Waals surface area contributed by atoms with Gasteiger partial charge in [0.25, 0.3) is 0 Å². The lowest BCUT2D eigenvalue weighted by Gasteiger charge is -2.18. The van der Waals surface area contributed by atoms with E-state index in [1.807, 2.05) is 6.07 Å². The number of nitrogens with one attached hydrogen (secondary N) is 1. The number of hydrogen-bond acceptors (Lipinski definition) is 3. The van der Waals surface area contributed by atoms with Crippen LogP contribution in [0.25, 0.3) is 0 Å². The Balaban J connectivity index is 1.75. The van der Waals surface area contributed by atoms with Gasteiger partial charge in [-0.1, -0.05) is 11.6 Å².